The van der Waals surface area contributed by atoms with E-state index in [-0.39, 0.29) is 34.4 Å². The molecule has 2 unspecified atom stereocenters. The number of methoxy groups -OCH3 is 1. The third-order valence-electron chi connectivity index (χ3n) is 7.74. The molecule has 0 radical (unpaired) electrons. The zero-order valence-corrected chi connectivity index (χ0v) is 24.2. The number of aromatic hydroxyl groups is 1. The molecule has 2 aliphatic carbocycles. The maximum absolute atomic E-state index is 13.4. The second-order valence-electron chi connectivity index (χ2n) is 10.5. The number of phenolic OH excluding ortho intramolecular Hbond substituents is 1. The van der Waals surface area contributed by atoms with Gasteiger partial charge in [-0.1, -0.05) is 48.0 Å². The number of aromatic carboxylic acids is 1. The summed E-state index contributed by atoms with van der Waals surface area (Å²) in [4.78, 5) is 37.9. The van der Waals surface area contributed by atoms with Gasteiger partial charge >= 0.3 is 17.9 Å². The quantitative estimate of drug-likeness (QED) is 0.177. The van der Waals surface area contributed by atoms with Crippen molar-refractivity contribution < 1.29 is 49.0 Å². The molecule has 0 aliphatic heterocycles. The Morgan fingerprint density at radius 3 is 2.44 bits per heavy atom. The van der Waals surface area contributed by atoms with Gasteiger partial charge in [0.15, 0.2) is 12.2 Å². The smallest absolute Gasteiger partial charge is 0.343 e. The molecule has 45 heavy (non-hydrogen) atoms. The van der Waals surface area contributed by atoms with Crippen molar-refractivity contribution in [3.05, 3.63) is 95.1 Å². The van der Waals surface area contributed by atoms with Gasteiger partial charge in [0.2, 0.25) is 0 Å². The van der Waals surface area contributed by atoms with E-state index in [2.05, 4.69) is 30.3 Å². The van der Waals surface area contributed by atoms with Crippen molar-refractivity contribution in [1.29, 1.82) is 0 Å². The van der Waals surface area contributed by atoms with E-state index in [4.69, 9.17) is 14.2 Å². The molecule has 0 bridgehead atoms. The lowest BCUT2D eigenvalue weighted by molar-refractivity contribution is -0.0779. The summed E-state index contributed by atoms with van der Waals surface area (Å²) in [5, 5.41) is 43.8. The number of rotatable bonds is 7. The maximum atomic E-state index is 13.4. The molecule has 0 amide bonds. The van der Waals surface area contributed by atoms with Gasteiger partial charge in [-0.25, -0.2) is 14.4 Å². The van der Waals surface area contributed by atoms with E-state index < -0.39 is 47.7 Å². The monoisotopic (exact) mass is 608 g/mol. The normalized spacial score (nSPS) is 23.3. The van der Waals surface area contributed by atoms with E-state index in [1.807, 2.05) is 6.92 Å². The SMILES string of the molecule is C=CC1C#CC2=C[C@@H](OC(=O)c3c(O)ccc4c(C)cc(OC)cc34)[C@H](O)[C@]2(O)CC#CC1OC(=O)c1ccccc1C(=O)O. The Balaban J connectivity index is 1.43. The average molecular weight is 609 g/mol. The van der Waals surface area contributed by atoms with Crippen molar-refractivity contribution in [1.82, 2.24) is 0 Å². The summed E-state index contributed by atoms with van der Waals surface area (Å²) in [5.41, 5.74) is -1.79. The Morgan fingerprint density at radius 1 is 1.02 bits per heavy atom. The number of hydrogen-bond acceptors (Lipinski definition) is 9. The van der Waals surface area contributed by atoms with Crippen molar-refractivity contribution >= 4 is 28.7 Å². The second-order valence-corrected chi connectivity index (χ2v) is 10.5. The molecular weight excluding hydrogens is 580 g/mol. The van der Waals surface area contributed by atoms with E-state index in [0.717, 1.165) is 5.56 Å². The molecule has 228 valence electrons. The highest BCUT2D eigenvalue weighted by Crippen LogP contribution is 2.38. The molecule has 5 atom stereocenters. The van der Waals surface area contributed by atoms with E-state index >= 15 is 0 Å². The number of benzene rings is 3. The molecule has 0 saturated heterocycles. The van der Waals surface area contributed by atoms with Gasteiger partial charge in [-0.15, -0.1) is 6.58 Å². The highest BCUT2D eigenvalue weighted by molar-refractivity contribution is 6.08. The number of aryl methyl sites for hydroxylation is 1. The number of aliphatic hydroxyl groups is 2. The second kappa shape index (κ2) is 12.2. The van der Waals surface area contributed by atoms with Gasteiger partial charge in [0, 0.05) is 17.4 Å². The van der Waals surface area contributed by atoms with E-state index in [1.165, 1.54) is 49.6 Å². The van der Waals surface area contributed by atoms with E-state index in [0.29, 0.717) is 16.5 Å². The zero-order chi connectivity index (χ0) is 32.5. The van der Waals surface area contributed by atoms with Crippen LogP contribution in [0.15, 0.2) is 72.8 Å². The van der Waals surface area contributed by atoms with Gasteiger partial charge in [-0.3, -0.25) is 0 Å². The molecule has 3 aromatic rings. The highest BCUT2D eigenvalue weighted by atomic mass is 16.6. The topological polar surface area (TPSA) is 160 Å². The van der Waals surface area contributed by atoms with Crippen LogP contribution in [0.2, 0.25) is 0 Å². The molecule has 5 rings (SSSR count). The lowest BCUT2D eigenvalue weighted by Crippen LogP contribution is -2.45. The van der Waals surface area contributed by atoms with E-state index in [1.54, 1.807) is 18.2 Å². The zero-order valence-electron chi connectivity index (χ0n) is 24.2. The fourth-order valence-electron chi connectivity index (χ4n) is 5.30. The number of ether oxygens (including phenoxy) is 3. The van der Waals surface area contributed by atoms with Gasteiger partial charge < -0.3 is 34.6 Å². The lowest BCUT2D eigenvalue weighted by atomic mass is 9.89. The fourth-order valence-corrected chi connectivity index (χ4v) is 5.30. The van der Waals surface area contributed by atoms with Crippen LogP contribution in [-0.2, 0) is 9.47 Å². The molecule has 3 aromatic carbocycles. The largest absolute Gasteiger partial charge is 0.507 e. The summed E-state index contributed by atoms with van der Waals surface area (Å²) < 4.78 is 16.5. The number of carbonyl (C=O) groups is 3. The minimum absolute atomic E-state index is 0.0248. The van der Waals surface area contributed by atoms with Crippen LogP contribution in [0.25, 0.3) is 10.8 Å². The number of fused-ring (bicyclic) bond motifs is 2. The minimum atomic E-state index is -2.05. The summed E-state index contributed by atoms with van der Waals surface area (Å²) in [6.45, 7) is 5.56. The third-order valence-corrected chi connectivity index (χ3v) is 7.74. The van der Waals surface area contributed by atoms with Crippen molar-refractivity contribution in [2.24, 2.45) is 5.92 Å². The standard InChI is InChI=1S/C35H28O10/c1-4-20-11-12-21-17-29(45-34(41)30-26-18-22(43-3)16-19(2)23(26)13-14-27(30)36)31(37)35(21,42)15-7-10-28(20)44-33(40)25-9-6-5-8-24(25)32(38)39/h4-6,8-9,13-14,16-18,20,28-29,31,36-37,42H,1,15H2,2-3H3,(H,38,39)/t20?,28?,29-,31+,35+/m1/s1. The van der Waals surface area contributed by atoms with Crippen molar-refractivity contribution in [3.8, 4) is 35.2 Å². The van der Waals surface area contributed by atoms with Gasteiger partial charge in [0.1, 0.15) is 28.8 Å². The maximum Gasteiger partial charge on any atom is 0.343 e. The minimum Gasteiger partial charge on any atom is -0.507 e. The Bertz CT molecular complexity index is 1900. The molecular formula is C35H28O10. The highest BCUT2D eigenvalue weighted by Gasteiger charge is 2.50. The molecule has 4 N–H and O–H groups in total. The van der Waals surface area contributed by atoms with Crippen molar-refractivity contribution in [3.63, 3.8) is 0 Å². The van der Waals surface area contributed by atoms with Crippen LogP contribution < -0.4 is 4.74 Å². The molecule has 10 heteroatoms. The first-order valence-electron chi connectivity index (χ1n) is 13.8. The Labute approximate surface area is 258 Å². The predicted molar refractivity (Wildman–Crippen MR) is 162 cm³/mol. The number of esters is 2. The predicted octanol–water partition coefficient (Wildman–Crippen LogP) is 3.56. The van der Waals surface area contributed by atoms with Crippen LogP contribution in [0, 0.1) is 36.5 Å². The first-order chi connectivity index (χ1) is 21.5. The number of aliphatic hydroxyl groups excluding tert-OH is 1. The van der Waals surface area contributed by atoms with Crippen LogP contribution in [0.4, 0.5) is 0 Å². The third kappa shape index (κ3) is 5.73. The first-order valence-corrected chi connectivity index (χ1v) is 13.8. The Hall–Kier alpha value is -5.55. The molecule has 0 spiro atoms. The van der Waals surface area contributed by atoms with Crippen LogP contribution in [-0.4, -0.2) is 69.4 Å². The average Bonchev–Trinajstić information content (AvgIpc) is 3.27. The summed E-state index contributed by atoms with van der Waals surface area (Å²) in [7, 11) is 1.48. The lowest BCUT2D eigenvalue weighted by Gasteiger charge is -2.28. The van der Waals surface area contributed by atoms with Crippen LogP contribution >= 0.6 is 0 Å². The van der Waals surface area contributed by atoms with Gasteiger partial charge in [0.25, 0.3) is 0 Å². The van der Waals surface area contributed by atoms with Gasteiger partial charge in [-0.2, -0.15) is 0 Å². The Kier molecular flexibility index (Phi) is 8.38. The van der Waals surface area contributed by atoms with Gasteiger partial charge in [0.05, 0.1) is 24.2 Å². The summed E-state index contributed by atoms with van der Waals surface area (Å²) in [5.74, 6) is 7.13. The summed E-state index contributed by atoms with van der Waals surface area (Å²) >= 11 is 0. The molecule has 0 aromatic heterocycles. The Morgan fingerprint density at radius 2 is 1.76 bits per heavy atom. The van der Waals surface area contributed by atoms with Crippen LogP contribution in [0.3, 0.4) is 0 Å². The van der Waals surface area contributed by atoms with Crippen molar-refractivity contribution in [2.75, 3.05) is 7.11 Å². The number of carboxylic acid groups (broad SMARTS) is 1. The fraction of sp³-hybridized carbons (Fsp3) is 0.229. The number of phenols is 1. The first kappa shape index (κ1) is 30.9. The summed E-state index contributed by atoms with van der Waals surface area (Å²) in [6.07, 6.45) is -1.89. The van der Waals surface area contributed by atoms with Crippen LogP contribution in [0.1, 0.15) is 43.1 Å². The molecule has 0 heterocycles. The molecule has 0 fully saturated rings. The number of carbonyl (C=O) groups excluding carboxylic acids is 2. The molecule has 10 nitrogen and oxygen atoms in total. The summed E-state index contributed by atoms with van der Waals surface area (Å²) in [6, 6.07) is 12.0. The van der Waals surface area contributed by atoms with Crippen LogP contribution in [0.5, 0.6) is 11.5 Å². The molecule has 2 aliphatic rings. The molecule has 0 saturated carbocycles. The number of hydrogen-bond donors (Lipinski definition) is 4. The van der Waals surface area contributed by atoms with Gasteiger partial charge in [-0.05, 0) is 54.3 Å². The van der Waals surface area contributed by atoms with Crippen molar-refractivity contribution in [2.45, 2.75) is 37.3 Å². The number of carboxylic acids is 1. The van der Waals surface area contributed by atoms with E-state index in [9.17, 15) is 34.8 Å².